The van der Waals surface area contributed by atoms with Gasteiger partial charge in [0.15, 0.2) is 18.2 Å². The van der Waals surface area contributed by atoms with E-state index in [1.165, 1.54) is 19.2 Å². The summed E-state index contributed by atoms with van der Waals surface area (Å²) in [5, 5.41) is 36.2. The van der Waals surface area contributed by atoms with E-state index in [9.17, 15) is 14.7 Å². The van der Waals surface area contributed by atoms with E-state index in [2.05, 4.69) is 9.72 Å². The third kappa shape index (κ3) is 4.47. The van der Waals surface area contributed by atoms with E-state index in [-0.39, 0.29) is 12.3 Å². The summed E-state index contributed by atoms with van der Waals surface area (Å²) in [6.45, 7) is 1.27. The van der Waals surface area contributed by atoms with E-state index in [4.69, 9.17) is 20.2 Å². The van der Waals surface area contributed by atoms with E-state index in [0.29, 0.717) is 0 Å². The quantitative estimate of drug-likeness (QED) is 0.201. The fraction of sp³-hybridized carbons (Fsp3) is 0.500. The molecule has 0 saturated heterocycles. The molecule has 0 fully saturated rings. The molecular weight excluding hydrogens is 290 g/mol. The number of nitrogens with one attached hydrogen (secondary N) is 1. The number of carbonyl (C=O) groups is 1. The van der Waals surface area contributed by atoms with Gasteiger partial charge < -0.3 is 24.8 Å². The second kappa shape index (κ2) is 7.66. The molecule has 11 heteroatoms. The van der Waals surface area contributed by atoms with Crippen LogP contribution in [-0.2, 0) is 14.3 Å². The van der Waals surface area contributed by atoms with Crippen LogP contribution in [0.2, 0.25) is 0 Å². The monoisotopic (exact) mass is 305 g/mol. The molecule has 0 amide bonds. The number of hydrogen-bond donors (Lipinski definition) is 5. The smallest absolute Gasteiger partial charge is 0.351 e. The van der Waals surface area contributed by atoms with Crippen LogP contribution in [0.25, 0.3) is 0 Å². The fourth-order valence-corrected chi connectivity index (χ4v) is 1.46. The normalized spacial score (nSPS) is 15.3. The Balaban J connectivity index is 2.89. The third-order valence-electron chi connectivity index (χ3n) is 2.46. The van der Waals surface area contributed by atoms with E-state index in [0.717, 1.165) is 4.57 Å². The van der Waals surface area contributed by atoms with Gasteiger partial charge in [-0.3, -0.25) is 20.0 Å². The molecule has 0 radical (unpaired) electrons. The van der Waals surface area contributed by atoms with Crippen molar-refractivity contribution in [2.45, 2.75) is 31.8 Å². The van der Waals surface area contributed by atoms with Crippen molar-refractivity contribution in [3.05, 3.63) is 22.7 Å². The van der Waals surface area contributed by atoms with Crippen molar-refractivity contribution < 1.29 is 34.8 Å². The average Bonchev–Trinajstić information content (AvgIpc) is 2.44. The first kappa shape index (κ1) is 17.0. The summed E-state index contributed by atoms with van der Waals surface area (Å²) in [7, 11) is 0. The van der Waals surface area contributed by atoms with Gasteiger partial charge in [-0.1, -0.05) is 0 Å². The molecule has 118 valence electrons. The van der Waals surface area contributed by atoms with Crippen molar-refractivity contribution in [3.8, 4) is 0 Å². The summed E-state index contributed by atoms with van der Waals surface area (Å²) < 4.78 is 10.2. The van der Waals surface area contributed by atoms with Crippen LogP contribution in [0.5, 0.6) is 0 Å². The molecule has 1 aromatic heterocycles. The lowest BCUT2D eigenvalue weighted by Gasteiger charge is -2.27. The number of carbonyl (C=O) groups excluding carboxylic acids is 1. The minimum Gasteiger partial charge on any atom is -0.435 e. The van der Waals surface area contributed by atoms with E-state index >= 15 is 0 Å². The number of aliphatic hydroxyl groups is 3. The molecule has 1 heterocycles. The van der Waals surface area contributed by atoms with Gasteiger partial charge in [0.2, 0.25) is 6.29 Å². The molecule has 21 heavy (non-hydrogen) atoms. The lowest BCUT2D eigenvalue weighted by atomic mass is 10.3. The van der Waals surface area contributed by atoms with Crippen LogP contribution < -0.4 is 11.2 Å². The standard InChI is InChI=1S/C10H15N3O8/c1-5(13-3-2-6(12-19)11-10(13)18)21-7(8(15)16)9(17)20-4-14/h2-5,7-9,15-17,19H,1H3,(H,11,12,18). The van der Waals surface area contributed by atoms with E-state index in [1.807, 2.05) is 0 Å². The molecule has 1 aromatic rings. The molecule has 3 unspecified atom stereocenters. The summed E-state index contributed by atoms with van der Waals surface area (Å²) in [6.07, 6.45) is -5.66. The number of nitrogens with zero attached hydrogens (tertiary/aromatic N) is 2. The van der Waals surface area contributed by atoms with Gasteiger partial charge in [-0.15, -0.1) is 0 Å². The summed E-state index contributed by atoms with van der Waals surface area (Å²) in [6, 6.07) is 1.25. The minimum atomic E-state index is -2.16. The van der Waals surface area contributed by atoms with Gasteiger partial charge in [-0.05, 0) is 13.0 Å². The average molecular weight is 305 g/mol. The van der Waals surface area contributed by atoms with Crippen LogP contribution in [-0.4, -0.2) is 55.2 Å². The van der Waals surface area contributed by atoms with E-state index < -0.39 is 30.6 Å². The van der Waals surface area contributed by atoms with Gasteiger partial charge in [-0.2, -0.15) is 4.98 Å². The zero-order valence-electron chi connectivity index (χ0n) is 10.9. The van der Waals surface area contributed by atoms with Gasteiger partial charge in [0.25, 0.3) is 6.47 Å². The van der Waals surface area contributed by atoms with Crippen molar-refractivity contribution in [1.82, 2.24) is 9.55 Å². The molecule has 0 bridgehead atoms. The molecule has 0 saturated carbocycles. The van der Waals surface area contributed by atoms with Gasteiger partial charge in [0.1, 0.15) is 6.23 Å². The Kier molecular flexibility index (Phi) is 6.20. The zero-order chi connectivity index (χ0) is 16.0. The van der Waals surface area contributed by atoms with Gasteiger partial charge >= 0.3 is 5.69 Å². The van der Waals surface area contributed by atoms with Gasteiger partial charge in [0, 0.05) is 6.20 Å². The second-order valence-electron chi connectivity index (χ2n) is 3.85. The zero-order valence-corrected chi connectivity index (χ0v) is 10.9. The molecule has 0 aromatic carbocycles. The summed E-state index contributed by atoms with van der Waals surface area (Å²) in [5.41, 5.74) is 0.877. The van der Waals surface area contributed by atoms with Gasteiger partial charge in [0.05, 0.1) is 0 Å². The highest BCUT2D eigenvalue weighted by atomic mass is 16.7. The third-order valence-corrected chi connectivity index (χ3v) is 2.46. The molecule has 5 N–H and O–H groups in total. The Labute approximate surface area is 118 Å². The van der Waals surface area contributed by atoms with Crippen molar-refractivity contribution in [2.75, 3.05) is 5.48 Å². The van der Waals surface area contributed by atoms with Crippen LogP contribution in [0.15, 0.2) is 17.1 Å². The SMILES string of the molecule is CC(OC(C(O)O)C(O)OC=O)n1ccc(NO)nc1=O. The Morgan fingerprint density at radius 3 is 2.57 bits per heavy atom. The lowest BCUT2D eigenvalue weighted by Crippen LogP contribution is -2.43. The Morgan fingerprint density at radius 1 is 1.43 bits per heavy atom. The molecule has 11 nitrogen and oxygen atoms in total. The Bertz CT molecular complexity index is 519. The first-order chi connectivity index (χ1) is 9.90. The van der Waals surface area contributed by atoms with Crippen LogP contribution in [0.3, 0.4) is 0 Å². The summed E-state index contributed by atoms with van der Waals surface area (Å²) in [4.78, 5) is 25.2. The predicted molar refractivity (Wildman–Crippen MR) is 64.9 cm³/mol. The highest BCUT2D eigenvalue weighted by Gasteiger charge is 2.30. The summed E-state index contributed by atoms with van der Waals surface area (Å²) >= 11 is 0. The molecule has 1 rings (SSSR count). The largest absolute Gasteiger partial charge is 0.435 e. The fourth-order valence-electron chi connectivity index (χ4n) is 1.46. The highest BCUT2D eigenvalue weighted by Crippen LogP contribution is 2.14. The maximum absolute atomic E-state index is 11.6. The second-order valence-corrected chi connectivity index (χ2v) is 3.85. The Hall–Kier alpha value is -2.05. The molecular formula is C10H15N3O8. The number of ether oxygens (including phenoxy) is 2. The number of aromatic nitrogens is 2. The summed E-state index contributed by atoms with van der Waals surface area (Å²) in [5.74, 6) is -0.0912. The van der Waals surface area contributed by atoms with Crippen LogP contribution in [0, 0.1) is 0 Å². The van der Waals surface area contributed by atoms with E-state index in [1.54, 1.807) is 5.48 Å². The maximum Gasteiger partial charge on any atom is 0.351 e. The molecule has 0 aliphatic carbocycles. The van der Waals surface area contributed by atoms with Gasteiger partial charge in [-0.25, -0.2) is 4.79 Å². The van der Waals surface area contributed by atoms with Crippen molar-refractivity contribution >= 4 is 12.3 Å². The van der Waals surface area contributed by atoms with Crippen molar-refractivity contribution in [1.29, 1.82) is 0 Å². The van der Waals surface area contributed by atoms with Crippen LogP contribution in [0.1, 0.15) is 13.2 Å². The van der Waals surface area contributed by atoms with Crippen molar-refractivity contribution in [2.24, 2.45) is 0 Å². The molecule has 0 aliphatic rings. The minimum absolute atomic E-state index is 0.0912. The predicted octanol–water partition coefficient (Wildman–Crippen LogP) is -2.25. The molecule has 0 aliphatic heterocycles. The molecule has 0 spiro atoms. The molecule has 3 atom stereocenters. The lowest BCUT2D eigenvalue weighted by molar-refractivity contribution is -0.255. The highest BCUT2D eigenvalue weighted by molar-refractivity contribution is 5.37. The topological polar surface area (TPSA) is 163 Å². The van der Waals surface area contributed by atoms with Crippen molar-refractivity contribution in [3.63, 3.8) is 0 Å². The first-order valence-corrected chi connectivity index (χ1v) is 5.68. The number of rotatable bonds is 8. The number of aliphatic hydroxyl groups excluding tert-OH is 2. The number of hydrogen-bond acceptors (Lipinski definition) is 10. The Morgan fingerprint density at radius 2 is 2.10 bits per heavy atom. The number of anilines is 1. The van der Waals surface area contributed by atoms with Crippen LogP contribution in [0.4, 0.5) is 5.82 Å². The first-order valence-electron chi connectivity index (χ1n) is 5.68. The van der Waals surface area contributed by atoms with Crippen LogP contribution >= 0.6 is 0 Å². The maximum atomic E-state index is 11.6.